The topological polar surface area (TPSA) is 148 Å². The normalized spacial score (nSPS) is 17.2. The minimum Gasteiger partial charge on any atom is -0.494 e. The van der Waals surface area contributed by atoms with Crippen molar-refractivity contribution in [1.29, 1.82) is 0 Å². The summed E-state index contributed by atoms with van der Waals surface area (Å²) in [5, 5.41) is 14.1. The lowest BCUT2D eigenvalue weighted by Crippen LogP contribution is -2.32. The first-order valence-electron chi connectivity index (χ1n) is 17.0. The van der Waals surface area contributed by atoms with Gasteiger partial charge in [0.05, 0.1) is 96.0 Å². The van der Waals surface area contributed by atoms with E-state index in [2.05, 4.69) is 4.90 Å². The molecule has 3 aromatic carbocycles. The highest BCUT2D eigenvalue weighted by molar-refractivity contribution is 6.14. The summed E-state index contributed by atoms with van der Waals surface area (Å²) in [6.07, 6.45) is 1.60. The second kappa shape index (κ2) is 19.2. The van der Waals surface area contributed by atoms with Crippen molar-refractivity contribution in [2.75, 3.05) is 104 Å². The van der Waals surface area contributed by atoms with E-state index in [0.29, 0.717) is 137 Å². The van der Waals surface area contributed by atoms with Gasteiger partial charge >= 0.3 is 0 Å². The van der Waals surface area contributed by atoms with E-state index in [0.717, 1.165) is 11.1 Å². The van der Waals surface area contributed by atoms with Gasteiger partial charge in [0.2, 0.25) is 5.88 Å². The highest BCUT2D eigenvalue weighted by atomic mass is 16.6. The maximum Gasteiger partial charge on any atom is 0.261 e. The van der Waals surface area contributed by atoms with E-state index in [-0.39, 0.29) is 11.4 Å². The van der Waals surface area contributed by atoms with E-state index in [1.807, 2.05) is 43.3 Å². The number of pyridine rings is 1. The molecular formula is C37H48N4O9. The number of benzene rings is 3. The van der Waals surface area contributed by atoms with Gasteiger partial charge < -0.3 is 48.9 Å². The van der Waals surface area contributed by atoms with Crippen LogP contribution in [-0.4, -0.2) is 115 Å². The minimum absolute atomic E-state index is 0.0578. The first-order valence-corrected chi connectivity index (χ1v) is 17.0. The third-order valence-electron chi connectivity index (χ3n) is 8.32. The molecule has 0 atom stereocenters. The van der Waals surface area contributed by atoms with Gasteiger partial charge in [-0.1, -0.05) is 18.2 Å². The van der Waals surface area contributed by atoms with E-state index in [1.165, 1.54) is 4.57 Å². The maximum absolute atomic E-state index is 13.1. The summed E-state index contributed by atoms with van der Waals surface area (Å²) in [6.45, 7) is 9.08. The van der Waals surface area contributed by atoms with E-state index in [1.54, 1.807) is 25.5 Å². The van der Waals surface area contributed by atoms with Crippen molar-refractivity contribution >= 4 is 44.8 Å². The molecule has 13 nitrogen and oxygen atoms in total. The summed E-state index contributed by atoms with van der Waals surface area (Å²) in [4.78, 5) is 20.0. The summed E-state index contributed by atoms with van der Waals surface area (Å²) in [5.74, 6) is 0.577. The van der Waals surface area contributed by atoms with Gasteiger partial charge in [-0.2, -0.15) is 0 Å². The Balaban J connectivity index is 1.41. The number of aromatic hydroxyl groups is 1. The predicted octanol–water partition coefficient (Wildman–Crippen LogP) is 3.00. The number of nitrogens with two attached hydrogens (primary N) is 1. The van der Waals surface area contributed by atoms with Crippen molar-refractivity contribution in [3.8, 4) is 11.6 Å². The fourth-order valence-corrected chi connectivity index (χ4v) is 5.80. The highest BCUT2D eigenvalue weighted by Crippen LogP contribution is 2.33. The van der Waals surface area contributed by atoms with E-state index < -0.39 is 0 Å². The van der Waals surface area contributed by atoms with Gasteiger partial charge in [-0.05, 0) is 36.6 Å². The van der Waals surface area contributed by atoms with Gasteiger partial charge in [0.1, 0.15) is 12.4 Å². The van der Waals surface area contributed by atoms with E-state index in [4.69, 9.17) is 43.9 Å². The van der Waals surface area contributed by atoms with Gasteiger partial charge in [0, 0.05) is 54.2 Å². The number of aliphatic imine (C=N–C) groups is 1. The molecule has 2 heterocycles. The molecule has 5 rings (SSSR count). The van der Waals surface area contributed by atoms with Gasteiger partial charge in [-0.3, -0.25) is 14.4 Å². The standard InChI is InChI=1S/C37H48N4O9/c1-3-41-36(42)30-6-4-5-29-28(8-9-31(35(29)30)37(41)43)32(38)26-39-27-7-10-33(34(25-27)50-24-15-44-2)40-11-13-45-16-18-47-20-22-49-23-21-48-19-17-46-14-12-40/h4-10,25-26,42H,3,11-24,38H2,1-2H3. The third-order valence-corrected chi connectivity index (χ3v) is 8.32. The van der Waals surface area contributed by atoms with Gasteiger partial charge in [-0.25, -0.2) is 0 Å². The Kier molecular flexibility index (Phi) is 14.2. The second-order valence-corrected chi connectivity index (χ2v) is 11.5. The van der Waals surface area contributed by atoms with Crippen molar-refractivity contribution in [2.45, 2.75) is 13.5 Å². The zero-order chi connectivity index (χ0) is 35.1. The summed E-state index contributed by atoms with van der Waals surface area (Å²) >= 11 is 0. The van der Waals surface area contributed by atoms with Crippen molar-refractivity contribution in [2.24, 2.45) is 10.7 Å². The average Bonchev–Trinajstić information content (AvgIpc) is 3.13. The van der Waals surface area contributed by atoms with Crippen LogP contribution in [0.15, 0.2) is 58.3 Å². The molecule has 13 heteroatoms. The Bertz CT molecular complexity index is 1810. The largest absolute Gasteiger partial charge is 0.494 e. The third kappa shape index (κ3) is 9.50. The van der Waals surface area contributed by atoms with Crippen LogP contribution in [0.5, 0.6) is 11.6 Å². The smallest absolute Gasteiger partial charge is 0.261 e. The van der Waals surface area contributed by atoms with Crippen LogP contribution >= 0.6 is 0 Å². The van der Waals surface area contributed by atoms with Gasteiger partial charge in [0.25, 0.3) is 5.56 Å². The number of methoxy groups -OCH3 is 1. The lowest BCUT2D eigenvalue weighted by molar-refractivity contribution is -0.0116. The van der Waals surface area contributed by atoms with Gasteiger partial charge in [-0.15, -0.1) is 0 Å². The first-order chi connectivity index (χ1) is 24.5. The predicted molar refractivity (Wildman–Crippen MR) is 194 cm³/mol. The molecule has 4 aromatic rings. The van der Waals surface area contributed by atoms with Crippen molar-refractivity contribution in [3.05, 3.63) is 64.1 Å². The number of nitrogens with zero attached hydrogens (tertiary/aromatic N) is 3. The Labute approximate surface area is 291 Å². The summed E-state index contributed by atoms with van der Waals surface area (Å²) in [7, 11) is 1.63. The molecule has 0 spiro atoms. The Morgan fingerprint density at radius 3 is 2.08 bits per heavy atom. The SMILES string of the molecule is CCn1c(O)c2cccc3c(=C(N)C=Nc4ccc(N5CCOCCOCCOCCOCCOCC5)c(OCCOC)c4)ccc(c1=O)c23. The quantitative estimate of drug-likeness (QED) is 0.207. The molecule has 0 bridgehead atoms. The molecule has 0 saturated carbocycles. The van der Waals surface area contributed by atoms with Crippen molar-refractivity contribution < 1.29 is 38.3 Å². The van der Waals surface area contributed by atoms with Gasteiger partial charge in [0.15, 0.2) is 0 Å². The fourth-order valence-electron chi connectivity index (χ4n) is 5.80. The molecule has 270 valence electrons. The molecule has 0 aliphatic carbocycles. The number of hydrogen-bond acceptors (Lipinski definition) is 12. The molecule has 3 N–H and O–H groups in total. The fraction of sp³-hybridized carbons (Fsp3) is 0.459. The number of anilines is 1. The lowest BCUT2D eigenvalue weighted by atomic mass is 10.00. The molecule has 0 amide bonds. The second-order valence-electron chi connectivity index (χ2n) is 11.5. The molecule has 1 fully saturated rings. The molecule has 1 aliphatic heterocycles. The maximum atomic E-state index is 13.1. The Morgan fingerprint density at radius 2 is 1.46 bits per heavy atom. The highest BCUT2D eigenvalue weighted by Gasteiger charge is 2.16. The number of aromatic nitrogens is 1. The average molecular weight is 693 g/mol. The number of rotatable bonds is 8. The first kappa shape index (κ1) is 37.0. The van der Waals surface area contributed by atoms with Crippen LogP contribution in [0.25, 0.3) is 27.2 Å². The number of hydrogen-bond donors (Lipinski definition) is 2. The van der Waals surface area contributed by atoms with Crippen LogP contribution < -0.4 is 26.1 Å². The monoisotopic (exact) mass is 692 g/mol. The summed E-state index contributed by atoms with van der Waals surface area (Å²) < 4.78 is 41.2. The molecule has 50 heavy (non-hydrogen) atoms. The van der Waals surface area contributed by atoms with E-state index in [9.17, 15) is 9.90 Å². The van der Waals surface area contributed by atoms with Crippen LogP contribution in [0, 0.1) is 0 Å². The molecule has 0 radical (unpaired) electrons. The Morgan fingerprint density at radius 1 is 0.840 bits per heavy atom. The van der Waals surface area contributed by atoms with Crippen LogP contribution in [0.3, 0.4) is 0 Å². The molecular weight excluding hydrogens is 644 g/mol. The molecule has 1 saturated heterocycles. The van der Waals surface area contributed by atoms with Crippen LogP contribution in [0.2, 0.25) is 0 Å². The van der Waals surface area contributed by atoms with Crippen molar-refractivity contribution in [3.63, 3.8) is 0 Å². The summed E-state index contributed by atoms with van der Waals surface area (Å²) in [6, 6.07) is 14.9. The van der Waals surface area contributed by atoms with Crippen LogP contribution in [-0.2, 0) is 35.0 Å². The molecule has 1 aliphatic rings. The zero-order valence-electron chi connectivity index (χ0n) is 28.9. The Hall–Kier alpha value is -4.24. The minimum atomic E-state index is -0.245. The van der Waals surface area contributed by atoms with Crippen LogP contribution in [0.1, 0.15) is 6.92 Å². The number of ether oxygens (including phenoxy) is 7. The van der Waals surface area contributed by atoms with E-state index >= 15 is 0 Å². The molecule has 0 unspecified atom stereocenters. The zero-order valence-corrected chi connectivity index (χ0v) is 28.9. The molecule has 1 aromatic heterocycles. The van der Waals surface area contributed by atoms with Crippen LogP contribution in [0.4, 0.5) is 11.4 Å². The lowest BCUT2D eigenvalue weighted by Gasteiger charge is -2.27. The summed E-state index contributed by atoms with van der Waals surface area (Å²) in [5.41, 5.74) is 8.28. The van der Waals surface area contributed by atoms with Crippen molar-refractivity contribution in [1.82, 2.24) is 4.57 Å².